The summed E-state index contributed by atoms with van der Waals surface area (Å²) >= 11 is 0. The van der Waals surface area contributed by atoms with E-state index >= 15 is 0 Å². The van der Waals surface area contributed by atoms with E-state index in [-0.39, 0.29) is 23.2 Å². The molecule has 1 aliphatic carbocycles. The lowest BCUT2D eigenvalue weighted by atomic mass is 9.85. The molecular weight excluding hydrogens is 360 g/mol. The van der Waals surface area contributed by atoms with Gasteiger partial charge in [0.05, 0.1) is 12.8 Å². The normalized spacial score (nSPS) is 22.7. The average molecular weight is 388 g/mol. The molecule has 3 N–H and O–H groups in total. The number of pyridine rings is 1. The molecular formula is C20H28N4O4. The Bertz CT molecular complexity index is 761. The van der Waals surface area contributed by atoms with E-state index in [9.17, 15) is 14.4 Å². The third-order valence-electron chi connectivity index (χ3n) is 5.87. The van der Waals surface area contributed by atoms with Gasteiger partial charge in [-0.05, 0) is 43.6 Å². The first-order chi connectivity index (χ1) is 13.4. The number of aromatic nitrogens is 1. The number of rotatable bonds is 4. The molecule has 2 fully saturated rings. The Morgan fingerprint density at radius 3 is 2.57 bits per heavy atom. The summed E-state index contributed by atoms with van der Waals surface area (Å²) in [6.45, 7) is 2.68. The van der Waals surface area contributed by atoms with Gasteiger partial charge in [-0.2, -0.15) is 0 Å². The van der Waals surface area contributed by atoms with E-state index in [4.69, 9.17) is 10.5 Å². The number of nitrogens with zero attached hydrogens (tertiary/aromatic N) is 2. The summed E-state index contributed by atoms with van der Waals surface area (Å²) in [5.74, 6) is -1.29. The second-order valence-corrected chi connectivity index (χ2v) is 7.81. The van der Waals surface area contributed by atoms with E-state index in [1.165, 1.54) is 32.2 Å². The van der Waals surface area contributed by atoms with E-state index in [0.29, 0.717) is 18.4 Å². The number of hydrogen-bond donors (Lipinski definition) is 2. The molecule has 0 unspecified atom stereocenters. The van der Waals surface area contributed by atoms with Gasteiger partial charge in [0.1, 0.15) is 5.56 Å². The molecule has 28 heavy (non-hydrogen) atoms. The van der Waals surface area contributed by atoms with Crippen LogP contribution in [0.2, 0.25) is 0 Å². The Balaban J connectivity index is 1.80. The van der Waals surface area contributed by atoms with Crippen molar-refractivity contribution < 1.29 is 19.1 Å². The number of carbonyl (C=O) groups excluding carboxylic acids is 3. The van der Waals surface area contributed by atoms with Crippen molar-refractivity contribution in [1.29, 1.82) is 0 Å². The first-order valence-electron chi connectivity index (χ1n) is 9.87. The van der Waals surface area contributed by atoms with Crippen molar-refractivity contribution >= 4 is 23.4 Å². The van der Waals surface area contributed by atoms with Gasteiger partial charge in [0.25, 0.3) is 5.91 Å². The molecule has 2 aliphatic rings. The maximum absolute atomic E-state index is 13.0. The molecule has 152 valence electrons. The van der Waals surface area contributed by atoms with Gasteiger partial charge in [-0.1, -0.05) is 19.8 Å². The predicted octanol–water partition coefficient (Wildman–Crippen LogP) is 1.94. The van der Waals surface area contributed by atoms with Gasteiger partial charge in [0.2, 0.25) is 5.88 Å². The number of primary amides is 1. The van der Waals surface area contributed by atoms with Crippen molar-refractivity contribution in [2.45, 2.75) is 51.5 Å². The zero-order valence-corrected chi connectivity index (χ0v) is 16.4. The number of amides is 3. The number of hydrogen-bond acceptors (Lipinski definition) is 5. The monoisotopic (exact) mass is 388 g/mol. The molecule has 2 atom stereocenters. The minimum atomic E-state index is -0.789. The van der Waals surface area contributed by atoms with Crippen molar-refractivity contribution in [2.75, 3.05) is 19.0 Å². The van der Waals surface area contributed by atoms with E-state index < -0.39 is 17.7 Å². The lowest BCUT2D eigenvalue weighted by Crippen LogP contribution is -2.52. The number of piperidine rings is 1. The molecule has 1 saturated heterocycles. The molecule has 1 aromatic heterocycles. The quantitative estimate of drug-likeness (QED) is 0.765. The Morgan fingerprint density at radius 2 is 1.93 bits per heavy atom. The lowest BCUT2D eigenvalue weighted by molar-refractivity contribution is -0.147. The molecule has 0 radical (unpaired) electrons. The van der Waals surface area contributed by atoms with Crippen LogP contribution in [0, 0.1) is 11.8 Å². The van der Waals surface area contributed by atoms with Crippen molar-refractivity contribution in [1.82, 2.24) is 9.88 Å². The summed E-state index contributed by atoms with van der Waals surface area (Å²) in [4.78, 5) is 43.2. The highest BCUT2D eigenvalue weighted by molar-refractivity contribution is 6.40. The summed E-state index contributed by atoms with van der Waals surface area (Å²) < 4.78 is 5.05. The summed E-state index contributed by atoms with van der Waals surface area (Å²) in [5.41, 5.74) is 5.48. The SMILES string of the molecule is COc1nccc(NC(=O)C(=O)N2C[C@H](C)CC[C@@H]2C2CCCC2)c1C(N)=O. The largest absolute Gasteiger partial charge is 0.480 e. The second-order valence-electron chi connectivity index (χ2n) is 7.81. The zero-order valence-electron chi connectivity index (χ0n) is 16.4. The number of likely N-dealkylation sites (tertiary alicyclic amines) is 1. The number of nitrogens with one attached hydrogen (secondary N) is 1. The molecule has 3 amide bonds. The molecule has 8 heteroatoms. The van der Waals surface area contributed by atoms with Gasteiger partial charge >= 0.3 is 11.8 Å². The van der Waals surface area contributed by atoms with Crippen LogP contribution in [-0.4, -0.2) is 47.3 Å². The van der Waals surface area contributed by atoms with Crippen LogP contribution < -0.4 is 15.8 Å². The summed E-state index contributed by atoms with van der Waals surface area (Å²) in [5, 5.41) is 2.54. The predicted molar refractivity (Wildman–Crippen MR) is 104 cm³/mol. The highest BCUT2D eigenvalue weighted by atomic mass is 16.5. The van der Waals surface area contributed by atoms with Crippen LogP contribution in [0.1, 0.15) is 55.8 Å². The van der Waals surface area contributed by atoms with Crippen LogP contribution in [0.5, 0.6) is 5.88 Å². The summed E-state index contributed by atoms with van der Waals surface area (Å²) in [6.07, 6.45) is 7.97. The van der Waals surface area contributed by atoms with Crippen LogP contribution in [0.25, 0.3) is 0 Å². The van der Waals surface area contributed by atoms with Gasteiger partial charge in [0, 0.05) is 18.8 Å². The number of anilines is 1. The van der Waals surface area contributed by atoms with Crippen molar-refractivity contribution in [2.24, 2.45) is 17.6 Å². The molecule has 1 saturated carbocycles. The highest BCUT2D eigenvalue weighted by Gasteiger charge is 2.38. The Hall–Kier alpha value is -2.64. The van der Waals surface area contributed by atoms with Gasteiger partial charge < -0.3 is 20.7 Å². The number of methoxy groups -OCH3 is 1. The van der Waals surface area contributed by atoms with E-state index in [2.05, 4.69) is 17.2 Å². The van der Waals surface area contributed by atoms with Gasteiger partial charge in [-0.25, -0.2) is 4.98 Å². The fourth-order valence-electron chi connectivity index (χ4n) is 4.49. The smallest absolute Gasteiger partial charge is 0.313 e. The minimum absolute atomic E-state index is 0.00757. The Labute approximate surface area is 164 Å². The summed E-state index contributed by atoms with van der Waals surface area (Å²) in [6, 6.07) is 1.54. The average Bonchev–Trinajstić information content (AvgIpc) is 3.21. The van der Waals surface area contributed by atoms with Gasteiger partial charge in [-0.3, -0.25) is 14.4 Å². The van der Waals surface area contributed by atoms with Crippen LogP contribution in [-0.2, 0) is 9.59 Å². The topological polar surface area (TPSA) is 115 Å². The van der Waals surface area contributed by atoms with Crippen molar-refractivity contribution in [3.05, 3.63) is 17.8 Å². The van der Waals surface area contributed by atoms with Crippen LogP contribution in [0.4, 0.5) is 5.69 Å². The second kappa shape index (κ2) is 8.58. The third-order valence-corrected chi connectivity index (χ3v) is 5.87. The maximum Gasteiger partial charge on any atom is 0.313 e. The van der Waals surface area contributed by atoms with Crippen LogP contribution in [0.3, 0.4) is 0 Å². The molecule has 3 rings (SSSR count). The molecule has 8 nitrogen and oxygen atoms in total. The molecule has 2 heterocycles. The van der Waals surface area contributed by atoms with E-state index in [0.717, 1.165) is 25.7 Å². The fraction of sp³-hybridized carbons (Fsp3) is 0.600. The standard InChI is InChI=1S/C20H28N4O4/c1-12-7-8-15(13-5-3-4-6-13)24(11-12)20(27)18(26)23-14-9-10-22-19(28-2)16(14)17(21)25/h9-10,12-13,15H,3-8,11H2,1-2H3,(H2,21,25)(H,22,23,26)/t12-,15-/m1/s1. The number of ether oxygens (including phenoxy) is 1. The van der Waals surface area contributed by atoms with E-state index in [1.807, 2.05) is 0 Å². The molecule has 0 spiro atoms. The minimum Gasteiger partial charge on any atom is -0.480 e. The number of nitrogens with two attached hydrogens (primary N) is 1. The highest BCUT2D eigenvalue weighted by Crippen LogP contribution is 2.36. The fourth-order valence-corrected chi connectivity index (χ4v) is 4.49. The molecule has 0 bridgehead atoms. The van der Waals surface area contributed by atoms with E-state index in [1.54, 1.807) is 4.90 Å². The molecule has 1 aromatic rings. The van der Waals surface area contributed by atoms with Crippen LogP contribution in [0.15, 0.2) is 12.3 Å². The van der Waals surface area contributed by atoms with Gasteiger partial charge in [0.15, 0.2) is 0 Å². The Morgan fingerprint density at radius 1 is 1.21 bits per heavy atom. The Kier molecular flexibility index (Phi) is 6.16. The third kappa shape index (κ3) is 4.10. The lowest BCUT2D eigenvalue weighted by Gasteiger charge is -2.41. The molecule has 0 aromatic carbocycles. The van der Waals surface area contributed by atoms with Crippen molar-refractivity contribution in [3.63, 3.8) is 0 Å². The van der Waals surface area contributed by atoms with Gasteiger partial charge in [-0.15, -0.1) is 0 Å². The number of carbonyl (C=O) groups is 3. The maximum atomic E-state index is 13.0. The van der Waals surface area contributed by atoms with Crippen molar-refractivity contribution in [3.8, 4) is 5.88 Å². The summed E-state index contributed by atoms with van der Waals surface area (Å²) in [7, 11) is 1.35. The molecule has 1 aliphatic heterocycles. The zero-order chi connectivity index (χ0) is 20.3. The van der Waals surface area contributed by atoms with Crippen LogP contribution >= 0.6 is 0 Å². The first-order valence-corrected chi connectivity index (χ1v) is 9.87. The first kappa shape index (κ1) is 20.1.